The highest BCUT2D eigenvalue weighted by Crippen LogP contribution is 2.35. The molecule has 0 aromatic heterocycles. The molecule has 0 unspecified atom stereocenters. The molecule has 0 atom stereocenters. The van der Waals surface area contributed by atoms with Gasteiger partial charge in [0.1, 0.15) is 6.61 Å². The van der Waals surface area contributed by atoms with Crippen molar-refractivity contribution in [3.8, 4) is 11.5 Å². The van der Waals surface area contributed by atoms with Crippen molar-refractivity contribution in [2.45, 2.75) is 6.92 Å². The molecule has 2 rings (SSSR count). The molecule has 2 aromatic carbocycles. The molecule has 0 heterocycles. The van der Waals surface area contributed by atoms with Crippen LogP contribution in [0.15, 0.2) is 48.6 Å². The molecule has 88 valence electrons. The van der Waals surface area contributed by atoms with Gasteiger partial charge in [-0.1, -0.05) is 36.9 Å². The highest BCUT2D eigenvalue weighted by Gasteiger charge is 2.09. The summed E-state index contributed by atoms with van der Waals surface area (Å²) in [5.74, 6) is 1.54. The average molecular weight is 228 g/mol. The van der Waals surface area contributed by atoms with E-state index in [0.717, 1.165) is 27.8 Å². The van der Waals surface area contributed by atoms with E-state index in [2.05, 4.69) is 12.6 Å². The van der Waals surface area contributed by atoms with Crippen LogP contribution in [0.4, 0.5) is 0 Å². The van der Waals surface area contributed by atoms with Crippen LogP contribution in [0.2, 0.25) is 0 Å². The number of ether oxygens (including phenoxy) is 2. The van der Waals surface area contributed by atoms with E-state index in [0.29, 0.717) is 6.61 Å². The van der Waals surface area contributed by atoms with E-state index in [4.69, 9.17) is 9.47 Å². The minimum absolute atomic E-state index is 0.504. The van der Waals surface area contributed by atoms with Gasteiger partial charge < -0.3 is 9.47 Å². The van der Waals surface area contributed by atoms with E-state index in [-0.39, 0.29) is 0 Å². The maximum Gasteiger partial charge on any atom is 0.169 e. The fourth-order valence-electron chi connectivity index (χ4n) is 1.73. The Morgan fingerprint density at radius 2 is 1.94 bits per heavy atom. The van der Waals surface area contributed by atoms with Crippen LogP contribution in [0, 0.1) is 0 Å². The Labute approximate surface area is 101 Å². The van der Waals surface area contributed by atoms with Gasteiger partial charge in [-0.3, -0.25) is 0 Å². The average Bonchev–Trinajstić information content (AvgIpc) is 2.35. The van der Waals surface area contributed by atoms with Gasteiger partial charge in [-0.25, -0.2) is 0 Å². The lowest BCUT2D eigenvalue weighted by Gasteiger charge is -2.13. The largest absolute Gasteiger partial charge is 0.493 e. The number of hydrogen-bond donors (Lipinski definition) is 0. The standard InChI is InChI=1S/C15H16O2/c1-11(2)10-17-15-13-7-5-4-6-12(13)8-9-14(15)16-3/h4-9H,1,10H2,2-3H3. The molecule has 0 spiro atoms. The molecule has 0 radical (unpaired) electrons. The van der Waals surface area contributed by atoms with E-state index in [1.165, 1.54) is 0 Å². The van der Waals surface area contributed by atoms with Crippen molar-refractivity contribution < 1.29 is 9.47 Å². The van der Waals surface area contributed by atoms with Gasteiger partial charge >= 0.3 is 0 Å². The highest BCUT2D eigenvalue weighted by molar-refractivity contribution is 5.90. The number of fused-ring (bicyclic) bond motifs is 1. The van der Waals surface area contributed by atoms with Gasteiger partial charge in [0.15, 0.2) is 11.5 Å². The lowest BCUT2D eigenvalue weighted by atomic mass is 10.1. The minimum Gasteiger partial charge on any atom is -0.493 e. The fourth-order valence-corrected chi connectivity index (χ4v) is 1.73. The van der Waals surface area contributed by atoms with E-state index >= 15 is 0 Å². The molecule has 0 amide bonds. The quantitative estimate of drug-likeness (QED) is 0.741. The maximum atomic E-state index is 5.78. The van der Waals surface area contributed by atoms with Crippen molar-refractivity contribution in [1.82, 2.24) is 0 Å². The first-order valence-electron chi connectivity index (χ1n) is 5.55. The van der Waals surface area contributed by atoms with Crippen molar-refractivity contribution in [1.29, 1.82) is 0 Å². The Morgan fingerprint density at radius 1 is 1.18 bits per heavy atom. The molecule has 0 aliphatic carbocycles. The Balaban J connectivity index is 2.50. The number of rotatable bonds is 4. The molecule has 0 saturated carbocycles. The SMILES string of the molecule is C=C(C)COc1c(OC)ccc2ccccc12. The van der Waals surface area contributed by atoms with Crippen molar-refractivity contribution in [3.63, 3.8) is 0 Å². The monoisotopic (exact) mass is 228 g/mol. The zero-order valence-corrected chi connectivity index (χ0v) is 10.2. The van der Waals surface area contributed by atoms with Gasteiger partial charge in [0, 0.05) is 5.39 Å². The Bertz CT molecular complexity index is 544. The topological polar surface area (TPSA) is 18.5 Å². The Hall–Kier alpha value is -1.96. The van der Waals surface area contributed by atoms with Gasteiger partial charge in [-0.2, -0.15) is 0 Å². The molecule has 0 aliphatic rings. The van der Waals surface area contributed by atoms with Crippen molar-refractivity contribution in [3.05, 3.63) is 48.6 Å². The molecular formula is C15H16O2. The predicted molar refractivity (Wildman–Crippen MR) is 70.8 cm³/mol. The predicted octanol–water partition coefficient (Wildman–Crippen LogP) is 3.80. The zero-order chi connectivity index (χ0) is 12.3. The summed E-state index contributed by atoms with van der Waals surface area (Å²) >= 11 is 0. The molecule has 0 N–H and O–H groups in total. The third-order valence-corrected chi connectivity index (χ3v) is 2.53. The molecule has 0 aliphatic heterocycles. The summed E-state index contributed by atoms with van der Waals surface area (Å²) in [5.41, 5.74) is 0.986. The first-order valence-corrected chi connectivity index (χ1v) is 5.55. The molecule has 2 nitrogen and oxygen atoms in total. The number of methoxy groups -OCH3 is 1. The van der Waals surface area contributed by atoms with Crippen LogP contribution < -0.4 is 9.47 Å². The summed E-state index contributed by atoms with van der Waals surface area (Å²) in [6, 6.07) is 12.1. The van der Waals surface area contributed by atoms with Gasteiger partial charge in [0.05, 0.1) is 7.11 Å². The van der Waals surface area contributed by atoms with Crippen LogP contribution in [-0.2, 0) is 0 Å². The summed E-state index contributed by atoms with van der Waals surface area (Å²) in [6.45, 7) is 6.29. The second kappa shape index (κ2) is 4.91. The van der Waals surface area contributed by atoms with Crippen LogP contribution in [0.1, 0.15) is 6.92 Å². The smallest absolute Gasteiger partial charge is 0.169 e. The van der Waals surface area contributed by atoms with E-state index in [1.54, 1.807) is 7.11 Å². The van der Waals surface area contributed by atoms with Crippen LogP contribution in [-0.4, -0.2) is 13.7 Å². The van der Waals surface area contributed by atoms with Gasteiger partial charge in [0.2, 0.25) is 0 Å². The number of benzene rings is 2. The third-order valence-electron chi connectivity index (χ3n) is 2.53. The minimum atomic E-state index is 0.504. The Kier molecular flexibility index (Phi) is 3.33. The molecule has 17 heavy (non-hydrogen) atoms. The Morgan fingerprint density at radius 3 is 2.65 bits per heavy atom. The molecule has 0 saturated heterocycles. The molecule has 0 bridgehead atoms. The summed E-state index contributed by atoms with van der Waals surface area (Å²) < 4.78 is 11.1. The second-order valence-corrected chi connectivity index (χ2v) is 4.06. The normalized spacial score (nSPS) is 10.2. The summed E-state index contributed by atoms with van der Waals surface area (Å²) in [6.07, 6.45) is 0. The van der Waals surface area contributed by atoms with E-state index in [9.17, 15) is 0 Å². The van der Waals surface area contributed by atoms with Crippen molar-refractivity contribution >= 4 is 10.8 Å². The van der Waals surface area contributed by atoms with Crippen molar-refractivity contribution in [2.75, 3.05) is 13.7 Å². The van der Waals surface area contributed by atoms with E-state index < -0.39 is 0 Å². The molecule has 0 fully saturated rings. The molecule has 2 heteroatoms. The van der Waals surface area contributed by atoms with Gasteiger partial charge in [-0.05, 0) is 23.9 Å². The third kappa shape index (κ3) is 2.41. The lowest BCUT2D eigenvalue weighted by Crippen LogP contribution is -2.00. The van der Waals surface area contributed by atoms with Crippen LogP contribution in [0.25, 0.3) is 10.8 Å². The summed E-state index contributed by atoms with van der Waals surface area (Å²) in [5, 5.41) is 2.21. The number of hydrogen-bond acceptors (Lipinski definition) is 2. The molecular weight excluding hydrogens is 212 g/mol. The second-order valence-electron chi connectivity index (χ2n) is 4.06. The van der Waals surface area contributed by atoms with Gasteiger partial charge in [0.25, 0.3) is 0 Å². The zero-order valence-electron chi connectivity index (χ0n) is 10.2. The maximum absolute atomic E-state index is 5.78. The molecule has 2 aromatic rings. The van der Waals surface area contributed by atoms with Gasteiger partial charge in [-0.15, -0.1) is 0 Å². The van der Waals surface area contributed by atoms with Crippen LogP contribution in [0.5, 0.6) is 11.5 Å². The van der Waals surface area contributed by atoms with Crippen LogP contribution >= 0.6 is 0 Å². The summed E-state index contributed by atoms with van der Waals surface area (Å²) in [4.78, 5) is 0. The lowest BCUT2D eigenvalue weighted by molar-refractivity contribution is 0.323. The highest BCUT2D eigenvalue weighted by atomic mass is 16.5. The van der Waals surface area contributed by atoms with E-state index in [1.807, 2.05) is 37.3 Å². The first kappa shape index (κ1) is 11.5. The summed E-state index contributed by atoms with van der Waals surface area (Å²) in [7, 11) is 1.65. The first-order chi connectivity index (χ1) is 8.22. The van der Waals surface area contributed by atoms with Crippen molar-refractivity contribution in [2.24, 2.45) is 0 Å². The fraction of sp³-hybridized carbons (Fsp3) is 0.200. The van der Waals surface area contributed by atoms with Crippen LogP contribution in [0.3, 0.4) is 0 Å².